The number of carboxylic acids is 1. The average molecular weight is 453 g/mol. The molecule has 0 bridgehead atoms. The van der Waals surface area contributed by atoms with Crippen LogP contribution in [0.2, 0.25) is 0 Å². The monoisotopic (exact) mass is 453 g/mol. The number of imidazole rings is 1. The van der Waals surface area contributed by atoms with Crippen molar-refractivity contribution >= 4 is 36.2 Å². The van der Waals surface area contributed by atoms with E-state index in [-0.39, 0.29) is 12.2 Å². The third kappa shape index (κ3) is 5.78. The van der Waals surface area contributed by atoms with E-state index >= 15 is 0 Å². The van der Waals surface area contributed by atoms with Crippen molar-refractivity contribution in [3.63, 3.8) is 0 Å². The summed E-state index contributed by atoms with van der Waals surface area (Å²) in [6.07, 6.45) is 5.70. The lowest BCUT2D eigenvalue weighted by Crippen LogP contribution is -2.45. The fourth-order valence-electron chi connectivity index (χ4n) is 3.14. The molecule has 170 valence electrons. The highest BCUT2D eigenvalue weighted by molar-refractivity contribution is 7.56. The van der Waals surface area contributed by atoms with Crippen molar-refractivity contribution in [3.05, 3.63) is 12.7 Å². The Kier molecular flexibility index (Phi) is 6.93. The summed E-state index contributed by atoms with van der Waals surface area (Å²) >= 11 is 0. The zero-order valence-corrected chi connectivity index (χ0v) is 18.7. The molecule has 2 heterocycles. The number of carbonyl (C=O) groups is 1. The molecule has 1 fully saturated rings. The van der Waals surface area contributed by atoms with Gasteiger partial charge in [0.2, 0.25) is 0 Å². The summed E-state index contributed by atoms with van der Waals surface area (Å²) in [5, 5.41) is 16.0. The van der Waals surface area contributed by atoms with E-state index in [0.717, 1.165) is 31.4 Å². The fraction of sp³-hybridized carbons (Fsp3) is 0.611. The van der Waals surface area contributed by atoms with Crippen molar-refractivity contribution in [2.24, 2.45) is 5.16 Å². The quantitative estimate of drug-likeness (QED) is 0.359. The number of anilines is 1. The molecule has 0 aromatic carbocycles. The molecule has 0 aliphatic heterocycles. The summed E-state index contributed by atoms with van der Waals surface area (Å²) < 4.78 is 26.2. The van der Waals surface area contributed by atoms with Crippen LogP contribution in [-0.4, -0.2) is 54.3 Å². The van der Waals surface area contributed by atoms with Gasteiger partial charge in [-0.25, -0.2) is 20.0 Å². The Balaban J connectivity index is 1.69. The second kappa shape index (κ2) is 9.29. The Morgan fingerprint density at radius 2 is 2.10 bits per heavy atom. The number of nitrogens with two attached hydrogens (primary N) is 1. The number of aromatic nitrogens is 4. The first-order valence-corrected chi connectivity index (χ1v) is 11.8. The predicted molar refractivity (Wildman–Crippen MR) is 115 cm³/mol. The first-order valence-electron chi connectivity index (χ1n) is 9.99. The molecule has 2 aromatic rings. The SMILES string of the molecule is C[C@@H](Cn1cnc2c(N)ncnc21)OCP(=O)(NC(C)(C)C(=O)O)ON=C1CCCC1. The molecule has 0 saturated heterocycles. The molecule has 0 radical (unpaired) electrons. The first-order chi connectivity index (χ1) is 14.6. The minimum absolute atomic E-state index is 0.279. The van der Waals surface area contributed by atoms with Gasteiger partial charge in [-0.2, -0.15) is 0 Å². The van der Waals surface area contributed by atoms with Crippen LogP contribution >= 0.6 is 7.52 Å². The van der Waals surface area contributed by atoms with Crippen molar-refractivity contribution in [3.8, 4) is 0 Å². The molecule has 2 aromatic heterocycles. The molecule has 1 unspecified atom stereocenters. The summed E-state index contributed by atoms with van der Waals surface area (Å²) in [6.45, 7) is 4.94. The summed E-state index contributed by atoms with van der Waals surface area (Å²) in [4.78, 5) is 23.8. The number of rotatable bonds is 10. The Hall–Kier alpha value is -2.56. The van der Waals surface area contributed by atoms with Crippen molar-refractivity contribution < 1.29 is 23.8 Å². The molecule has 2 atom stereocenters. The van der Waals surface area contributed by atoms with Crippen molar-refractivity contribution in [2.75, 3.05) is 12.1 Å². The van der Waals surface area contributed by atoms with Gasteiger partial charge in [-0.15, -0.1) is 0 Å². The number of hydrogen-bond donors (Lipinski definition) is 3. The zero-order chi connectivity index (χ0) is 22.6. The van der Waals surface area contributed by atoms with E-state index in [2.05, 4.69) is 25.2 Å². The number of nitrogens with zero attached hydrogens (tertiary/aromatic N) is 5. The van der Waals surface area contributed by atoms with Crippen LogP contribution in [0.5, 0.6) is 0 Å². The maximum absolute atomic E-state index is 13.4. The van der Waals surface area contributed by atoms with E-state index in [1.807, 2.05) is 0 Å². The van der Waals surface area contributed by atoms with Crippen LogP contribution in [0.4, 0.5) is 5.82 Å². The minimum Gasteiger partial charge on any atom is -0.480 e. The average Bonchev–Trinajstić information content (AvgIpc) is 3.36. The minimum atomic E-state index is -3.76. The van der Waals surface area contributed by atoms with Crippen LogP contribution in [0.25, 0.3) is 11.2 Å². The van der Waals surface area contributed by atoms with Gasteiger partial charge in [0, 0.05) is 0 Å². The number of hydrogen-bond acceptors (Lipinski definition) is 9. The molecule has 1 saturated carbocycles. The fourth-order valence-corrected chi connectivity index (χ4v) is 4.93. The third-order valence-electron chi connectivity index (χ3n) is 4.88. The van der Waals surface area contributed by atoms with Gasteiger partial charge in [0.15, 0.2) is 11.5 Å². The highest BCUT2D eigenvalue weighted by Crippen LogP contribution is 2.45. The van der Waals surface area contributed by atoms with E-state index in [1.165, 1.54) is 20.2 Å². The molecular weight excluding hydrogens is 425 g/mol. The Labute approximate surface area is 179 Å². The van der Waals surface area contributed by atoms with Crippen molar-refractivity contribution in [1.82, 2.24) is 24.6 Å². The van der Waals surface area contributed by atoms with Crippen LogP contribution in [-0.2, 0) is 25.3 Å². The smallest absolute Gasteiger partial charge is 0.365 e. The molecule has 0 spiro atoms. The second-order valence-electron chi connectivity index (χ2n) is 8.10. The van der Waals surface area contributed by atoms with Gasteiger partial charge < -0.3 is 24.8 Å². The highest BCUT2D eigenvalue weighted by Gasteiger charge is 2.38. The normalized spacial score (nSPS) is 17.5. The van der Waals surface area contributed by atoms with Crippen molar-refractivity contribution in [2.45, 2.75) is 64.6 Å². The molecule has 12 nitrogen and oxygen atoms in total. The number of oxime groups is 1. The molecule has 13 heteroatoms. The number of fused-ring (bicyclic) bond motifs is 1. The van der Waals surface area contributed by atoms with Gasteiger partial charge in [0.05, 0.1) is 24.7 Å². The van der Waals surface area contributed by atoms with E-state index in [4.69, 9.17) is 15.1 Å². The largest absolute Gasteiger partial charge is 0.480 e. The van der Waals surface area contributed by atoms with Gasteiger partial charge in [-0.3, -0.25) is 9.36 Å². The number of ether oxygens (including phenoxy) is 1. The van der Waals surface area contributed by atoms with Gasteiger partial charge in [0.25, 0.3) is 0 Å². The standard InChI is InChI=1S/C18H28N7O5P/c1-12(8-25-10-22-14-15(19)20-9-21-16(14)25)29-11-31(28,24-18(2,3)17(26)27)30-23-13-6-4-5-7-13/h9-10,12H,4-8,11H2,1-3H3,(H,24,28)(H,26,27)(H2,19,20,21)/t12-,31?/m0/s1. The molecule has 1 aliphatic carbocycles. The number of carboxylic acid groups (broad SMARTS) is 1. The second-order valence-corrected chi connectivity index (χ2v) is 10.1. The van der Waals surface area contributed by atoms with E-state index in [1.54, 1.807) is 17.8 Å². The maximum atomic E-state index is 13.4. The topological polar surface area (TPSA) is 167 Å². The molecule has 31 heavy (non-hydrogen) atoms. The van der Waals surface area contributed by atoms with Gasteiger partial charge in [0.1, 0.15) is 23.7 Å². The molecule has 1 aliphatic rings. The molecule has 4 N–H and O–H groups in total. The Morgan fingerprint density at radius 1 is 1.39 bits per heavy atom. The van der Waals surface area contributed by atoms with Crippen molar-refractivity contribution in [1.29, 1.82) is 0 Å². The Morgan fingerprint density at radius 3 is 2.77 bits per heavy atom. The third-order valence-corrected chi connectivity index (χ3v) is 6.61. The predicted octanol–water partition coefficient (Wildman–Crippen LogP) is 2.36. The van der Waals surface area contributed by atoms with Crippen LogP contribution in [0.15, 0.2) is 17.8 Å². The van der Waals surface area contributed by atoms with Gasteiger partial charge in [-0.1, -0.05) is 5.16 Å². The molecule has 3 rings (SSSR count). The number of aliphatic carboxylic acids is 1. The summed E-state index contributed by atoms with van der Waals surface area (Å²) in [6, 6.07) is 0. The number of nitrogens with one attached hydrogen (secondary N) is 1. The van der Waals surface area contributed by atoms with E-state index < -0.39 is 25.1 Å². The van der Waals surface area contributed by atoms with Crippen LogP contribution < -0.4 is 10.8 Å². The van der Waals surface area contributed by atoms with Crippen LogP contribution in [0.3, 0.4) is 0 Å². The summed E-state index contributed by atoms with van der Waals surface area (Å²) in [7, 11) is -3.76. The Bertz CT molecular complexity index is 1010. The lowest BCUT2D eigenvalue weighted by Gasteiger charge is -2.27. The maximum Gasteiger partial charge on any atom is 0.365 e. The van der Waals surface area contributed by atoms with E-state index in [9.17, 15) is 14.5 Å². The summed E-state index contributed by atoms with van der Waals surface area (Å²) in [5.41, 5.74) is 6.16. The zero-order valence-electron chi connectivity index (χ0n) is 17.8. The molecule has 0 amide bonds. The molecular formula is C18H28N7O5P. The van der Waals surface area contributed by atoms with Crippen LogP contribution in [0.1, 0.15) is 46.5 Å². The van der Waals surface area contributed by atoms with Gasteiger partial charge in [-0.05, 0) is 46.5 Å². The summed E-state index contributed by atoms with van der Waals surface area (Å²) in [5.74, 6) is -0.888. The van der Waals surface area contributed by atoms with Gasteiger partial charge >= 0.3 is 13.5 Å². The highest BCUT2D eigenvalue weighted by atomic mass is 31.2. The lowest BCUT2D eigenvalue weighted by atomic mass is 10.1. The number of nitrogen functional groups attached to an aromatic ring is 1. The van der Waals surface area contributed by atoms with E-state index in [0.29, 0.717) is 17.7 Å². The van der Waals surface area contributed by atoms with Crippen LogP contribution in [0, 0.1) is 0 Å². The lowest BCUT2D eigenvalue weighted by molar-refractivity contribution is -0.142. The first kappa shape index (κ1) is 23.1.